The number of rotatable bonds is 1. The summed E-state index contributed by atoms with van der Waals surface area (Å²) in [6, 6.07) is 1.48. The lowest BCUT2D eigenvalue weighted by Crippen LogP contribution is -2.13. The van der Waals surface area contributed by atoms with E-state index in [1.165, 1.54) is 18.1 Å². The van der Waals surface area contributed by atoms with Gasteiger partial charge < -0.3 is 11.1 Å². The second kappa shape index (κ2) is 3.85. The zero-order valence-electron chi connectivity index (χ0n) is 4.87. The van der Waals surface area contributed by atoms with E-state index in [0.717, 1.165) is 0 Å². The quantitative estimate of drug-likeness (QED) is 0.225. The van der Waals surface area contributed by atoms with Gasteiger partial charge in [-0.25, -0.2) is 5.87 Å². The Balaban J connectivity index is 4.74. The van der Waals surface area contributed by atoms with Crippen LogP contribution in [-0.2, 0) is 0 Å². The summed E-state index contributed by atoms with van der Waals surface area (Å²) in [7, 11) is 0. The molecule has 0 rings (SSSR count). The largest absolute Gasteiger partial charge is 0.762 e. The zero-order valence-corrected chi connectivity index (χ0v) is 4.87. The first-order valence-electron chi connectivity index (χ1n) is 2.16. The minimum atomic E-state index is -0.346. The molecular formula is C5H2N5-. The minimum absolute atomic E-state index is 0.340. The molecule has 0 atom stereocenters. The summed E-state index contributed by atoms with van der Waals surface area (Å²) in [4.78, 5) is 2.98. The van der Waals surface area contributed by atoms with Crippen LogP contribution < -0.4 is 5.73 Å². The van der Waals surface area contributed by atoms with Crippen molar-refractivity contribution in [1.29, 1.82) is 10.5 Å². The summed E-state index contributed by atoms with van der Waals surface area (Å²) in [6.45, 7) is 0. The van der Waals surface area contributed by atoms with E-state index in [4.69, 9.17) is 21.7 Å². The predicted molar refractivity (Wildman–Crippen MR) is 34.7 cm³/mol. The topological polar surface area (TPSA) is 108 Å². The standard InChI is InChI=1S/C5H2N5/c6-1-4(2-7)5(9)10-3-8/h(H2,9,10)/q-1. The fourth-order valence-corrected chi connectivity index (χ4v) is 0.249. The Morgan fingerprint density at radius 2 is 2.10 bits per heavy atom. The molecule has 0 aromatic carbocycles. The number of nitrogens with two attached hydrogens (primary N) is 1. The second-order valence-corrected chi connectivity index (χ2v) is 1.20. The number of nitrogens with zero attached hydrogens (tertiary/aromatic N) is 4. The molecule has 0 unspecified atom stereocenters. The summed E-state index contributed by atoms with van der Waals surface area (Å²) < 4.78 is 0. The van der Waals surface area contributed by atoms with Gasteiger partial charge in [-0.2, -0.15) is 15.5 Å². The van der Waals surface area contributed by atoms with Gasteiger partial charge >= 0.3 is 0 Å². The van der Waals surface area contributed by atoms with E-state index in [2.05, 4.69) is 4.99 Å². The van der Waals surface area contributed by atoms with E-state index in [0.29, 0.717) is 0 Å². The minimum Gasteiger partial charge on any atom is -0.762 e. The number of amidine groups is 1. The average molecular weight is 132 g/mol. The lowest BCUT2D eigenvalue weighted by atomic mass is 10.3. The average Bonchev–Trinajstić information content (AvgIpc) is 1.91. The number of hydrogen-bond acceptors (Lipinski definition) is 3. The maximum atomic E-state index is 8.14. The Bertz CT molecular complexity index is 280. The van der Waals surface area contributed by atoms with E-state index in [-0.39, 0.29) is 11.4 Å². The van der Waals surface area contributed by atoms with Gasteiger partial charge in [0.1, 0.15) is 11.6 Å². The zero-order chi connectivity index (χ0) is 7.98. The molecule has 0 aliphatic rings. The van der Waals surface area contributed by atoms with Crippen molar-refractivity contribution in [2.24, 2.45) is 10.7 Å². The van der Waals surface area contributed by atoms with Gasteiger partial charge in [0.15, 0.2) is 5.84 Å². The van der Waals surface area contributed by atoms with Crippen LogP contribution in [0, 0.1) is 22.8 Å². The molecule has 10 heavy (non-hydrogen) atoms. The maximum Gasteiger partial charge on any atom is 0.207 e. The molecule has 0 heterocycles. The first-order chi connectivity index (χ1) is 4.76. The van der Waals surface area contributed by atoms with Gasteiger partial charge in [-0.15, -0.1) is 0 Å². The Morgan fingerprint density at radius 3 is 2.40 bits per heavy atom. The SMILES string of the molecule is N#CN=C(N)C(=C=[N-])C#N. The van der Waals surface area contributed by atoms with Crippen molar-refractivity contribution >= 4 is 11.7 Å². The van der Waals surface area contributed by atoms with Crippen molar-refractivity contribution in [3.63, 3.8) is 0 Å². The summed E-state index contributed by atoms with van der Waals surface area (Å²) in [6.07, 6.45) is 1.36. The molecule has 0 saturated carbocycles. The molecule has 0 amide bonds. The van der Waals surface area contributed by atoms with E-state index >= 15 is 0 Å². The molecule has 0 bridgehead atoms. The van der Waals surface area contributed by atoms with E-state index < -0.39 is 0 Å². The summed E-state index contributed by atoms with van der Waals surface area (Å²) in [5.41, 5.74) is 4.65. The molecule has 2 N–H and O–H groups in total. The molecule has 48 valence electrons. The molecule has 0 fully saturated rings. The summed E-state index contributed by atoms with van der Waals surface area (Å²) >= 11 is 0. The molecular weight excluding hydrogens is 130 g/mol. The van der Waals surface area contributed by atoms with Crippen LogP contribution in [0.2, 0.25) is 0 Å². The number of hydrogen-bond donors (Lipinski definition) is 1. The Kier molecular flexibility index (Phi) is 3.04. The highest BCUT2D eigenvalue weighted by molar-refractivity contribution is 6.08. The fourth-order valence-electron chi connectivity index (χ4n) is 0.249. The highest BCUT2D eigenvalue weighted by Crippen LogP contribution is 1.83. The Labute approximate surface area is 57.2 Å². The van der Waals surface area contributed by atoms with Gasteiger partial charge in [-0.3, -0.25) is 0 Å². The summed E-state index contributed by atoms with van der Waals surface area (Å²) in [5, 5.41) is 24.2. The molecule has 0 radical (unpaired) electrons. The molecule has 5 heteroatoms. The van der Waals surface area contributed by atoms with Gasteiger partial charge in [-0.1, -0.05) is 0 Å². The van der Waals surface area contributed by atoms with Crippen molar-refractivity contribution in [2.75, 3.05) is 0 Å². The predicted octanol–water partition coefficient (Wildman–Crippen LogP) is -0.486. The van der Waals surface area contributed by atoms with Gasteiger partial charge in [0.05, 0.1) is 0 Å². The number of aliphatic imine (C=N–C) groups is 1. The molecule has 0 aliphatic heterocycles. The normalized spacial score (nSPS) is 8.80. The van der Waals surface area contributed by atoms with E-state index in [9.17, 15) is 0 Å². The van der Waals surface area contributed by atoms with Crippen LogP contribution in [0.4, 0.5) is 0 Å². The third-order valence-corrected chi connectivity index (χ3v) is 0.650. The Morgan fingerprint density at radius 1 is 1.50 bits per heavy atom. The monoisotopic (exact) mass is 132 g/mol. The molecule has 0 aromatic heterocycles. The van der Waals surface area contributed by atoms with E-state index in [1.54, 1.807) is 0 Å². The third kappa shape index (κ3) is 1.79. The first-order valence-corrected chi connectivity index (χ1v) is 2.16. The lowest BCUT2D eigenvalue weighted by Gasteiger charge is -1.89. The van der Waals surface area contributed by atoms with Gasteiger partial charge in [0.25, 0.3) is 0 Å². The fraction of sp³-hybridized carbons (Fsp3) is 0. The second-order valence-electron chi connectivity index (χ2n) is 1.20. The molecule has 0 saturated heterocycles. The highest BCUT2D eigenvalue weighted by atomic mass is 14.8. The lowest BCUT2D eigenvalue weighted by molar-refractivity contribution is 1.41. The van der Waals surface area contributed by atoms with Crippen molar-refractivity contribution < 1.29 is 0 Å². The molecule has 0 aliphatic carbocycles. The van der Waals surface area contributed by atoms with Crippen LogP contribution in [-0.4, -0.2) is 11.7 Å². The van der Waals surface area contributed by atoms with Gasteiger partial charge in [0, 0.05) is 0 Å². The third-order valence-electron chi connectivity index (χ3n) is 0.650. The summed E-state index contributed by atoms with van der Waals surface area (Å²) in [5.74, 6) is 1.14. The van der Waals surface area contributed by atoms with Crippen molar-refractivity contribution in [2.45, 2.75) is 0 Å². The first kappa shape index (κ1) is 7.90. The van der Waals surface area contributed by atoms with Crippen molar-refractivity contribution in [1.82, 2.24) is 0 Å². The van der Waals surface area contributed by atoms with Crippen LogP contribution in [0.1, 0.15) is 0 Å². The van der Waals surface area contributed by atoms with E-state index in [1.807, 2.05) is 0 Å². The molecule has 0 aromatic rings. The van der Waals surface area contributed by atoms with Crippen molar-refractivity contribution in [3.05, 3.63) is 11.0 Å². The molecule has 5 nitrogen and oxygen atoms in total. The van der Waals surface area contributed by atoms with Crippen LogP contribution in [0.3, 0.4) is 0 Å². The highest BCUT2D eigenvalue weighted by Gasteiger charge is 1.95. The van der Waals surface area contributed by atoms with Crippen LogP contribution in [0.15, 0.2) is 10.6 Å². The van der Waals surface area contributed by atoms with Crippen LogP contribution in [0.5, 0.6) is 0 Å². The number of nitriles is 2. The smallest absolute Gasteiger partial charge is 0.207 e. The van der Waals surface area contributed by atoms with Crippen molar-refractivity contribution in [3.8, 4) is 12.3 Å². The molecule has 0 spiro atoms. The van der Waals surface area contributed by atoms with Gasteiger partial charge in [0.2, 0.25) is 6.19 Å². The van der Waals surface area contributed by atoms with Crippen LogP contribution in [0.25, 0.3) is 5.41 Å². The maximum absolute atomic E-state index is 8.14. The van der Waals surface area contributed by atoms with Gasteiger partial charge in [-0.05, 0) is 0 Å². The van der Waals surface area contributed by atoms with Crippen LogP contribution >= 0.6 is 0 Å². The Hall–Kier alpha value is -2.10.